The summed E-state index contributed by atoms with van der Waals surface area (Å²) >= 11 is 0. The maximum atomic E-state index is 12.8. The molecule has 150 valence electrons. The summed E-state index contributed by atoms with van der Waals surface area (Å²) in [6.45, 7) is 4.73. The summed E-state index contributed by atoms with van der Waals surface area (Å²) in [6.07, 6.45) is 5.84. The number of nitrogens with zero attached hydrogens (tertiary/aromatic N) is 3. The second kappa shape index (κ2) is 7.20. The number of carbonyl (C=O) groups is 2. The molecular weight excluding hydrogens is 368 g/mol. The molecule has 0 radical (unpaired) electrons. The van der Waals surface area contributed by atoms with Crippen LogP contribution in [0.2, 0.25) is 0 Å². The molecule has 2 atom stereocenters. The maximum absolute atomic E-state index is 12.8. The lowest BCUT2D eigenvalue weighted by Gasteiger charge is -2.52. The van der Waals surface area contributed by atoms with Gasteiger partial charge in [-0.2, -0.15) is 5.10 Å². The predicted octanol–water partition coefficient (Wildman–Crippen LogP) is 1.89. The van der Waals surface area contributed by atoms with Crippen LogP contribution in [0.25, 0.3) is 5.52 Å². The van der Waals surface area contributed by atoms with E-state index in [9.17, 15) is 9.59 Å². The van der Waals surface area contributed by atoms with Crippen LogP contribution >= 0.6 is 0 Å². The van der Waals surface area contributed by atoms with E-state index in [1.807, 2.05) is 18.3 Å². The Labute approximate surface area is 168 Å². The van der Waals surface area contributed by atoms with Crippen LogP contribution in [0.15, 0.2) is 48.9 Å². The van der Waals surface area contributed by atoms with Gasteiger partial charge in [-0.1, -0.05) is 13.8 Å². The van der Waals surface area contributed by atoms with E-state index >= 15 is 0 Å². The van der Waals surface area contributed by atoms with Crippen LogP contribution in [0, 0.1) is 11.3 Å². The third kappa shape index (κ3) is 3.41. The van der Waals surface area contributed by atoms with Crippen molar-refractivity contribution in [3.8, 4) is 0 Å². The van der Waals surface area contributed by atoms with Crippen LogP contribution in [-0.4, -0.2) is 39.0 Å². The van der Waals surface area contributed by atoms with Gasteiger partial charge in [-0.15, -0.1) is 0 Å². The number of hydrogen-bond donors (Lipinski definition) is 3. The molecule has 1 aliphatic carbocycles. The number of nitrogens with two attached hydrogens (primary N) is 1. The van der Waals surface area contributed by atoms with Gasteiger partial charge in [-0.05, 0) is 48.1 Å². The van der Waals surface area contributed by atoms with Crippen molar-refractivity contribution in [1.29, 1.82) is 0 Å². The summed E-state index contributed by atoms with van der Waals surface area (Å²) < 4.78 is 1.68. The van der Waals surface area contributed by atoms with Gasteiger partial charge in [-0.25, -0.2) is 9.50 Å². The number of carbonyl (C=O) groups excluding carboxylic acids is 2. The van der Waals surface area contributed by atoms with Crippen molar-refractivity contribution in [3.05, 3.63) is 60.0 Å². The zero-order valence-electron chi connectivity index (χ0n) is 16.4. The smallest absolute Gasteiger partial charge is 0.255 e. The number of pyridine rings is 2. The molecule has 0 bridgehead atoms. The molecule has 2 amide bonds. The third-order valence-corrected chi connectivity index (χ3v) is 6.05. The average Bonchev–Trinajstić information content (AvgIpc) is 3.19. The number of anilines is 1. The summed E-state index contributed by atoms with van der Waals surface area (Å²) in [5, 5.41) is 10.3. The van der Waals surface area contributed by atoms with Gasteiger partial charge >= 0.3 is 0 Å². The van der Waals surface area contributed by atoms with Gasteiger partial charge in [-0.3, -0.25) is 9.59 Å². The molecule has 0 aliphatic heterocycles. The van der Waals surface area contributed by atoms with Crippen molar-refractivity contribution in [2.24, 2.45) is 11.3 Å². The van der Waals surface area contributed by atoms with Gasteiger partial charge in [0.2, 0.25) is 0 Å². The SMILES string of the molecule is CC1(C)C(CNC(=O)c2cccnc2N)CC1NC(=O)c1cccn2nccc12. The van der Waals surface area contributed by atoms with E-state index in [1.165, 1.54) is 0 Å². The van der Waals surface area contributed by atoms with Crippen molar-refractivity contribution in [1.82, 2.24) is 25.2 Å². The highest BCUT2D eigenvalue weighted by atomic mass is 16.2. The number of nitrogens with one attached hydrogen (secondary N) is 2. The van der Waals surface area contributed by atoms with E-state index < -0.39 is 0 Å². The van der Waals surface area contributed by atoms with Crippen molar-refractivity contribution in [3.63, 3.8) is 0 Å². The summed E-state index contributed by atoms with van der Waals surface area (Å²) in [5.74, 6) is 0.128. The quantitative estimate of drug-likeness (QED) is 0.613. The normalized spacial score (nSPS) is 20.1. The Morgan fingerprint density at radius 3 is 2.72 bits per heavy atom. The molecule has 1 fully saturated rings. The molecule has 29 heavy (non-hydrogen) atoms. The monoisotopic (exact) mass is 392 g/mol. The molecule has 2 unspecified atom stereocenters. The van der Waals surface area contributed by atoms with E-state index in [0.29, 0.717) is 17.7 Å². The Morgan fingerprint density at radius 1 is 1.17 bits per heavy atom. The fourth-order valence-electron chi connectivity index (χ4n) is 3.91. The molecule has 8 nitrogen and oxygen atoms in total. The van der Waals surface area contributed by atoms with Gasteiger partial charge < -0.3 is 16.4 Å². The van der Waals surface area contributed by atoms with Crippen molar-refractivity contribution < 1.29 is 9.59 Å². The number of amides is 2. The molecule has 8 heteroatoms. The first-order chi connectivity index (χ1) is 13.9. The predicted molar refractivity (Wildman–Crippen MR) is 109 cm³/mol. The third-order valence-electron chi connectivity index (χ3n) is 6.05. The van der Waals surface area contributed by atoms with Crippen LogP contribution < -0.4 is 16.4 Å². The van der Waals surface area contributed by atoms with E-state index in [1.54, 1.807) is 35.1 Å². The first-order valence-corrected chi connectivity index (χ1v) is 9.60. The summed E-state index contributed by atoms with van der Waals surface area (Å²) in [6, 6.07) is 8.80. The van der Waals surface area contributed by atoms with Gasteiger partial charge in [0.05, 0.1) is 22.8 Å². The lowest BCUT2D eigenvalue weighted by molar-refractivity contribution is 0.0150. The molecule has 0 aromatic carbocycles. The number of nitrogen functional groups attached to an aromatic ring is 1. The minimum absolute atomic E-state index is 0.0311. The van der Waals surface area contributed by atoms with Gasteiger partial charge in [0.15, 0.2) is 0 Å². The molecule has 1 aliphatic rings. The molecule has 3 heterocycles. The molecule has 3 aromatic rings. The topological polar surface area (TPSA) is 114 Å². The molecule has 4 N–H and O–H groups in total. The number of fused-ring (bicyclic) bond motifs is 1. The number of hydrogen-bond acceptors (Lipinski definition) is 5. The van der Waals surface area contributed by atoms with Crippen LogP contribution in [0.4, 0.5) is 5.82 Å². The lowest BCUT2D eigenvalue weighted by atomic mass is 9.58. The Kier molecular flexibility index (Phi) is 4.70. The number of aromatic nitrogens is 3. The van der Waals surface area contributed by atoms with Crippen LogP contribution in [0.1, 0.15) is 41.0 Å². The second-order valence-electron chi connectivity index (χ2n) is 8.01. The Hall–Kier alpha value is -3.42. The number of rotatable bonds is 5. The first-order valence-electron chi connectivity index (χ1n) is 9.60. The van der Waals surface area contributed by atoms with Gasteiger partial charge in [0, 0.05) is 25.0 Å². The second-order valence-corrected chi connectivity index (χ2v) is 8.01. The van der Waals surface area contributed by atoms with E-state index in [4.69, 9.17) is 5.73 Å². The van der Waals surface area contributed by atoms with E-state index in [2.05, 4.69) is 34.6 Å². The highest BCUT2D eigenvalue weighted by Crippen LogP contribution is 2.46. The minimum atomic E-state index is -0.230. The fourth-order valence-corrected chi connectivity index (χ4v) is 3.91. The Morgan fingerprint density at radius 2 is 1.97 bits per heavy atom. The van der Waals surface area contributed by atoms with Crippen LogP contribution in [0.3, 0.4) is 0 Å². The molecule has 1 saturated carbocycles. The van der Waals surface area contributed by atoms with Crippen molar-refractivity contribution in [2.75, 3.05) is 12.3 Å². The molecule has 0 saturated heterocycles. The zero-order valence-corrected chi connectivity index (χ0v) is 16.4. The Bertz CT molecular complexity index is 1070. The van der Waals surface area contributed by atoms with Gasteiger partial charge in [0.1, 0.15) is 5.82 Å². The van der Waals surface area contributed by atoms with E-state index in [-0.39, 0.29) is 35.0 Å². The molecular formula is C21H24N6O2. The van der Waals surface area contributed by atoms with Gasteiger partial charge in [0.25, 0.3) is 11.8 Å². The standard InChI is InChI=1S/C21H24N6O2/c1-21(2)13(12-24-19(28)15-5-3-8-23-18(15)22)11-17(21)26-20(29)14-6-4-10-27-16(14)7-9-25-27/h3-10,13,17H,11-12H2,1-2H3,(H2,22,23)(H,24,28)(H,26,29). The van der Waals surface area contributed by atoms with E-state index in [0.717, 1.165) is 11.9 Å². The lowest BCUT2D eigenvalue weighted by Crippen LogP contribution is -2.60. The summed E-state index contributed by atoms with van der Waals surface area (Å²) in [5.41, 5.74) is 7.38. The first kappa shape index (κ1) is 18.9. The van der Waals surface area contributed by atoms with Crippen molar-refractivity contribution >= 4 is 23.1 Å². The van der Waals surface area contributed by atoms with Crippen LogP contribution in [0.5, 0.6) is 0 Å². The summed E-state index contributed by atoms with van der Waals surface area (Å²) in [7, 11) is 0. The minimum Gasteiger partial charge on any atom is -0.383 e. The highest BCUT2D eigenvalue weighted by molar-refractivity contribution is 6.01. The van der Waals surface area contributed by atoms with Crippen molar-refractivity contribution in [2.45, 2.75) is 26.3 Å². The fraction of sp³-hybridized carbons (Fsp3) is 0.333. The zero-order chi connectivity index (χ0) is 20.6. The Balaban J connectivity index is 1.36. The highest BCUT2D eigenvalue weighted by Gasteiger charge is 2.48. The molecule has 3 aromatic heterocycles. The molecule has 4 rings (SSSR count). The largest absolute Gasteiger partial charge is 0.383 e. The van der Waals surface area contributed by atoms with Crippen LogP contribution in [-0.2, 0) is 0 Å². The maximum Gasteiger partial charge on any atom is 0.255 e. The average molecular weight is 392 g/mol. The molecule has 0 spiro atoms. The summed E-state index contributed by atoms with van der Waals surface area (Å²) in [4.78, 5) is 29.1.